The Morgan fingerprint density at radius 2 is 1.37 bits per heavy atom. The first-order valence-corrected chi connectivity index (χ1v) is 7.68. The van der Waals surface area contributed by atoms with Gasteiger partial charge in [0.05, 0.1) is 13.0 Å². The standard InChI is InChI=1S/C15H30O4/c1-2-3-4-5-6-7-8-9-10-11-12-19-15(18)13-14(16)17/h14,16-17H,2-13H2,1H3. The summed E-state index contributed by atoms with van der Waals surface area (Å²) in [5, 5.41) is 17.1. The fraction of sp³-hybridized carbons (Fsp3) is 0.933. The van der Waals surface area contributed by atoms with E-state index in [1.807, 2.05) is 0 Å². The van der Waals surface area contributed by atoms with Crippen LogP contribution in [-0.4, -0.2) is 29.1 Å². The second-order valence-corrected chi connectivity index (χ2v) is 5.09. The summed E-state index contributed by atoms with van der Waals surface area (Å²) < 4.78 is 4.87. The molecule has 0 aromatic carbocycles. The van der Waals surface area contributed by atoms with Crippen molar-refractivity contribution in [2.45, 2.75) is 83.8 Å². The summed E-state index contributed by atoms with van der Waals surface area (Å²) in [5.74, 6) is -0.536. The number of carbonyl (C=O) groups excluding carboxylic acids is 1. The van der Waals surface area contributed by atoms with Gasteiger partial charge in [0.2, 0.25) is 0 Å². The number of aliphatic hydroxyl groups is 2. The molecule has 0 fully saturated rings. The Balaban J connectivity index is 3.08. The zero-order valence-corrected chi connectivity index (χ0v) is 12.3. The van der Waals surface area contributed by atoms with Crippen LogP contribution in [0.2, 0.25) is 0 Å². The van der Waals surface area contributed by atoms with Gasteiger partial charge in [-0.15, -0.1) is 0 Å². The van der Waals surface area contributed by atoms with Crippen LogP contribution in [0, 0.1) is 0 Å². The van der Waals surface area contributed by atoms with Gasteiger partial charge in [0.25, 0.3) is 0 Å². The topological polar surface area (TPSA) is 66.8 Å². The molecule has 2 N–H and O–H groups in total. The van der Waals surface area contributed by atoms with Crippen LogP contribution < -0.4 is 0 Å². The van der Waals surface area contributed by atoms with Crippen LogP contribution in [0.15, 0.2) is 0 Å². The molecule has 0 aromatic rings. The molecular weight excluding hydrogens is 244 g/mol. The molecule has 0 aliphatic rings. The maximum absolute atomic E-state index is 11.0. The maximum atomic E-state index is 11.0. The van der Waals surface area contributed by atoms with Gasteiger partial charge in [0.15, 0.2) is 6.29 Å². The van der Waals surface area contributed by atoms with Crippen LogP contribution in [0.5, 0.6) is 0 Å². The summed E-state index contributed by atoms with van der Waals surface area (Å²) in [4.78, 5) is 11.0. The molecular formula is C15H30O4. The van der Waals surface area contributed by atoms with E-state index in [0.717, 1.165) is 12.8 Å². The Labute approximate surface area is 117 Å². The molecule has 0 radical (unpaired) electrons. The highest BCUT2D eigenvalue weighted by Crippen LogP contribution is 2.10. The highest BCUT2D eigenvalue weighted by atomic mass is 16.5. The van der Waals surface area contributed by atoms with Gasteiger partial charge in [-0.05, 0) is 6.42 Å². The molecule has 0 aliphatic heterocycles. The second kappa shape index (κ2) is 13.8. The van der Waals surface area contributed by atoms with Crippen LogP contribution in [0.25, 0.3) is 0 Å². The van der Waals surface area contributed by atoms with Crippen molar-refractivity contribution in [1.29, 1.82) is 0 Å². The lowest BCUT2D eigenvalue weighted by Gasteiger charge is -2.05. The molecule has 4 heteroatoms. The minimum Gasteiger partial charge on any atom is -0.466 e. The van der Waals surface area contributed by atoms with Gasteiger partial charge >= 0.3 is 5.97 Å². The van der Waals surface area contributed by atoms with Crippen molar-refractivity contribution in [2.75, 3.05) is 6.61 Å². The van der Waals surface area contributed by atoms with Crippen LogP contribution in [0.3, 0.4) is 0 Å². The van der Waals surface area contributed by atoms with E-state index in [1.165, 1.54) is 51.4 Å². The first-order valence-electron chi connectivity index (χ1n) is 7.68. The predicted molar refractivity (Wildman–Crippen MR) is 75.6 cm³/mol. The van der Waals surface area contributed by atoms with Crippen molar-refractivity contribution < 1.29 is 19.7 Å². The largest absolute Gasteiger partial charge is 0.466 e. The Hall–Kier alpha value is -0.610. The number of esters is 1. The first kappa shape index (κ1) is 18.4. The van der Waals surface area contributed by atoms with E-state index in [1.54, 1.807) is 0 Å². The van der Waals surface area contributed by atoms with E-state index >= 15 is 0 Å². The zero-order chi connectivity index (χ0) is 14.3. The molecule has 114 valence electrons. The highest BCUT2D eigenvalue weighted by molar-refractivity contribution is 5.69. The number of aliphatic hydroxyl groups excluding tert-OH is 1. The fourth-order valence-corrected chi connectivity index (χ4v) is 1.98. The SMILES string of the molecule is CCCCCCCCCCCCOC(=O)CC(O)O. The van der Waals surface area contributed by atoms with Gasteiger partial charge in [0, 0.05) is 0 Å². The maximum Gasteiger partial charge on any atom is 0.310 e. The van der Waals surface area contributed by atoms with Crippen LogP contribution in [0.1, 0.15) is 77.6 Å². The summed E-state index contributed by atoms with van der Waals surface area (Å²) in [7, 11) is 0. The van der Waals surface area contributed by atoms with Crippen molar-refractivity contribution >= 4 is 5.97 Å². The predicted octanol–water partition coefficient (Wildman–Crippen LogP) is 3.15. The van der Waals surface area contributed by atoms with Crippen molar-refractivity contribution in [3.05, 3.63) is 0 Å². The van der Waals surface area contributed by atoms with E-state index in [4.69, 9.17) is 14.9 Å². The molecule has 0 heterocycles. The molecule has 0 saturated heterocycles. The molecule has 4 nitrogen and oxygen atoms in total. The lowest BCUT2D eigenvalue weighted by molar-refractivity contribution is -0.152. The second-order valence-electron chi connectivity index (χ2n) is 5.09. The Morgan fingerprint density at radius 3 is 1.84 bits per heavy atom. The van der Waals surface area contributed by atoms with E-state index in [-0.39, 0.29) is 6.42 Å². The van der Waals surface area contributed by atoms with Gasteiger partial charge in [-0.2, -0.15) is 0 Å². The van der Waals surface area contributed by atoms with Crippen molar-refractivity contribution in [1.82, 2.24) is 0 Å². The third kappa shape index (κ3) is 15.3. The van der Waals surface area contributed by atoms with Gasteiger partial charge in [-0.3, -0.25) is 4.79 Å². The van der Waals surface area contributed by atoms with Crippen molar-refractivity contribution in [3.8, 4) is 0 Å². The van der Waals surface area contributed by atoms with Crippen LogP contribution >= 0.6 is 0 Å². The third-order valence-electron chi connectivity index (χ3n) is 3.11. The zero-order valence-electron chi connectivity index (χ0n) is 12.3. The summed E-state index contributed by atoms with van der Waals surface area (Å²) in [6.07, 6.45) is 10.5. The molecule has 19 heavy (non-hydrogen) atoms. The van der Waals surface area contributed by atoms with E-state index in [2.05, 4.69) is 6.92 Å². The molecule has 0 aromatic heterocycles. The number of hydrogen-bond donors (Lipinski definition) is 2. The molecule has 0 unspecified atom stereocenters. The lowest BCUT2D eigenvalue weighted by Crippen LogP contribution is -2.15. The fourth-order valence-electron chi connectivity index (χ4n) is 1.98. The van der Waals surface area contributed by atoms with Crippen LogP contribution in [0.4, 0.5) is 0 Å². The summed E-state index contributed by atoms with van der Waals surface area (Å²) in [6.45, 7) is 2.62. The summed E-state index contributed by atoms with van der Waals surface area (Å²) in [5.41, 5.74) is 0. The first-order chi connectivity index (χ1) is 9.16. The van der Waals surface area contributed by atoms with Gasteiger partial charge in [0.1, 0.15) is 0 Å². The Kier molecular flexibility index (Phi) is 13.4. The van der Waals surface area contributed by atoms with Gasteiger partial charge in [-0.25, -0.2) is 0 Å². The molecule has 0 amide bonds. The minimum absolute atomic E-state index is 0.336. The number of ether oxygens (including phenoxy) is 1. The Morgan fingerprint density at radius 1 is 0.895 bits per heavy atom. The quantitative estimate of drug-likeness (QED) is 0.307. The van der Waals surface area contributed by atoms with E-state index in [9.17, 15) is 4.79 Å². The number of carbonyl (C=O) groups is 1. The molecule has 0 aliphatic carbocycles. The monoisotopic (exact) mass is 274 g/mol. The Bertz CT molecular complexity index is 204. The molecule has 0 rings (SSSR count). The molecule has 0 atom stereocenters. The molecule has 0 spiro atoms. The lowest BCUT2D eigenvalue weighted by atomic mass is 10.1. The minimum atomic E-state index is -1.60. The van der Waals surface area contributed by atoms with Crippen molar-refractivity contribution in [3.63, 3.8) is 0 Å². The van der Waals surface area contributed by atoms with Gasteiger partial charge < -0.3 is 14.9 Å². The average molecular weight is 274 g/mol. The van der Waals surface area contributed by atoms with Gasteiger partial charge in [-0.1, -0.05) is 64.7 Å². The number of rotatable bonds is 13. The molecule has 0 saturated carbocycles. The van der Waals surface area contributed by atoms with E-state index < -0.39 is 12.3 Å². The number of unbranched alkanes of at least 4 members (excludes halogenated alkanes) is 9. The average Bonchev–Trinajstić information content (AvgIpc) is 2.35. The summed E-state index contributed by atoms with van der Waals surface area (Å²) >= 11 is 0. The smallest absolute Gasteiger partial charge is 0.310 e. The number of hydrogen-bond acceptors (Lipinski definition) is 4. The van der Waals surface area contributed by atoms with E-state index in [0.29, 0.717) is 6.61 Å². The highest BCUT2D eigenvalue weighted by Gasteiger charge is 2.07. The van der Waals surface area contributed by atoms with Crippen molar-refractivity contribution in [2.24, 2.45) is 0 Å². The summed E-state index contributed by atoms with van der Waals surface area (Å²) in [6, 6.07) is 0. The normalized spacial score (nSPS) is 10.9. The molecule has 0 bridgehead atoms. The third-order valence-corrected chi connectivity index (χ3v) is 3.11. The van der Waals surface area contributed by atoms with Crippen LogP contribution in [-0.2, 0) is 9.53 Å².